The molecule has 0 aromatic carbocycles. The monoisotopic (exact) mass is 337 g/mol. The number of carbonyl (C=O) groups excluding carboxylic acids is 1. The van der Waals surface area contributed by atoms with Crippen LogP contribution in [0.5, 0.6) is 0 Å². The molecule has 4 rings (SSSR count). The van der Waals surface area contributed by atoms with Gasteiger partial charge >= 0.3 is 6.03 Å². The highest BCUT2D eigenvalue weighted by atomic mass is 16.2. The van der Waals surface area contributed by atoms with Crippen LogP contribution in [0.25, 0.3) is 21.9 Å². The van der Waals surface area contributed by atoms with Crippen LogP contribution < -0.4 is 5.32 Å². The third-order valence-electron chi connectivity index (χ3n) is 4.88. The minimum absolute atomic E-state index is 0.0355. The summed E-state index contributed by atoms with van der Waals surface area (Å²) in [6.07, 6.45) is 7.72. The van der Waals surface area contributed by atoms with E-state index in [0.29, 0.717) is 5.92 Å². The average Bonchev–Trinajstić information content (AvgIpc) is 3.09. The highest BCUT2D eigenvalue weighted by Crippen LogP contribution is 2.34. The Balaban J connectivity index is 1.71. The first-order valence-corrected chi connectivity index (χ1v) is 8.89. The first-order valence-electron chi connectivity index (χ1n) is 8.89. The quantitative estimate of drug-likeness (QED) is 0.752. The normalized spacial score (nSPS) is 18.2. The number of aromatic amines is 1. The lowest BCUT2D eigenvalue weighted by atomic mass is 9.88. The molecule has 1 aliphatic rings. The number of hydrogen-bond donors (Lipinski definition) is 2. The first kappa shape index (κ1) is 15.9. The highest BCUT2D eigenvalue weighted by Gasteiger charge is 2.26. The number of rotatable bonds is 2. The van der Waals surface area contributed by atoms with E-state index in [1.165, 1.54) is 10.9 Å². The molecule has 0 aliphatic carbocycles. The molecule has 1 aliphatic heterocycles. The van der Waals surface area contributed by atoms with Gasteiger partial charge < -0.3 is 15.2 Å². The third kappa shape index (κ3) is 2.92. The topological polar surface area (TPSA) is 73.9 Å². The molecular weight excluding hydrogens is 314 g/mol. The summed E-state index contributed by atoms with van der Waals surface area (Å²) in [6.45, 7) is 5.55. The molecule has 0 spiro atoms. The van der Waals surface area contributed by atoms with E-state index >= 15 is 0 Å². The Kier molecular flexibility index (Phi) is 4.03. The molecule has 0 radical (unpaired) electrons. The van der Waals surface area contributed by atoms with Crippen LogP contribution in [-0.4, -0.2) is 45.0 Å². The Labute approximate surface area is 146 Å². The van der Waals surface area contributed by atoms with Crippen molar-refractivity contribution in [1.82, 2.24) is 25.2 Å². The highest BCUT2D eigenvalue weighted by molar-refractivity contribution is 6.05. The molecule has 3 aromatic heterocycles. The summed E-state index contributed by atoms with van der Waals surface area (Å²) < 4.78 is 0. The van der Waals surface area contributed by atoms with Crippen molar-refractivity contribution in [1.29, 1.82) is 0 Å². The summed E-state index contributed by atoms with van der Waals surface area (Å²) in [5.41, 5.74) is 3.07. The smallest absolute Gasteiger partial charge is 0.317 e. The summed E-state index contributed by atoms with van der Waals surface area (Å²) in [4.78, 5) is 26.4. The second-order valence-electron chi connectivity index (χ2n) is 7.05. The predicted molar refractivity (Wildman–Crippen MR) is 98.6 cm³/mol. The lowest BCUT2D eigenvalue weighted by molar-refractivity contribution is 0.177. The number of nitrogens with one attached hydrogen (secondary N) is 2. The second kappa shape index (κ2) is 6.35. The van der Waals surface area contributed by atoms with Gasteiger partial charge in [0.1, 0.15) is 0 Å². The third-order valence-corrected chi connectivity index (χ3v) is 4.88. The minimum atomic E-state index is 0.0355. The van der Waals surface area contributed by atoms with Crippen molar-refractivity contribution in [2.45, 2.75) is 38.6 Å². The van der Waals surface area contributed by atoms with Gasteiger partial charge in [-0.25, -0.2) is 14.8 Å². The maximum Gasteiger partial charge on any atom is 0.317 e. The summed E-state index contributed by atoms with van der Waals surface area (Å²) in [6, 6.07) is 4.35. The molecule has 6 heteroatoms. The van der Waals surface area contributed by atoms with Gasteiger partial charge in [0.25, 0.3) is 0 Å². The largest absolute Gasteiger partial charge is 0.360 e. The molecule has 1 saturated heterocycles. The van der Waals surface area contributed by atoms with E-state index in [1.807, 2.05) is 37.2 Å². The van der Waals surface area contributed by atoms with E-state index < -0.39 is 0 Å². The fourth-order valence-electron chi connectivity index (χ4n) is 3.78. The molecular formula is C19H23N5O. The van der Waals surface area contributed by atoms with Gasteiger partial charge in [0.2, 0.25) is 0 Å². The Morgan fingerprint density at radius 2 is 2.24 bits per heavy atom. The van der Waals surface area contributed by atoms with Crippen LogP contribution in [0.4, 0.5) is 4.79 Å². The number of urea groups is 1. The van der Waals surface area contributed by atoms with E-state index in [4.69, 9.17) is 0 Å². The van der Waals surface area contributed by atoms with Gasteiger partial charge in [0.05, 0.1) is 11.7 Å². The van der Waals surface area contributed by atoms with Gasteiger partial charge in [0.15, 0.2) is 5.65 Å². The van der Waals surface area contributed by atoms with Gasteiger partial charge in [-0.15, -0.1) is 0 Å². The van der Waals surface area contributed by atoms with Crippen molar-refractivity contribution in [2.75, 3.05) is 13.1 Å². The number of H-pyrrole nitrogens is 1. The van der Waals surface area contributed by atoms with E-state index in [-0.39, 0.29) is 12.1 Å². The second-order valence-corrected chi connectivity index (χ2v) is 7.05. The zero-order chi connectivity index (χ0) is 17.4. The van der Waals surface area contributed by atoms with Crippen molar-refractivity contribution in [3.63, 3.8) is 0 Å². The summed E-state index contributed by atoms with van der Waals surface area (Å²) >= 11 is 0. The molecule has 2 amide bonds. The van der Waals surface area contributed by atoms with Crippen LogP contribution in [0, 0.1) is 0 Å². The molecule has 6 nitrogen and oxygen atoms in total. The molecule has 4 heterocycles. The van der Waals surface area contributed by atoms with Gasteiger partial charge in [-0.3, -0.25) is 0 Å². The first-order chi connectivity index (χ1) is 12.1. The number of likely N-dealkylation sites (tertiary alicyclic amines) is 1. The Morgan fingerprint density at radius 3 is 3.08 bits per heavy atom. The molecule has 130 valence electrons. The number of piperidine rings is 1. The Morgan fingerprint density at radius 1 is 1.36 bits per heavy atom. The van der Waals surface area contributed by atoms with Crippen molar-refractivity contribution >= 4 is 28.0 Å². The molecule has 0 saturated carbocycles. The van der Waals surface area contributed by atoms with E-state index in [2.05, 4.69) is 26.3 Å². The number of pyridine rings is 2. The molecule has 0 bridgehead atoms. The van der Waals surface area contributed by atoms with Gasteiger partial charge in [-0.05, 0) is 44.4 Å². The van der Waals surface area contributed by atoms with Crippen LogP contribution in [0.1, 0.15) is 38.2 Å². The molecule has 1 atom stereocenters. The molecule has 1 unspecified atom stereocenters. The zero-order valence-electron chi connectivity index (χ0n) is 14.6. The fraction of sp³-hybridized carbons (Fsp3) is 0.421. The zero-order valence-corrected chi connectivity index (χ0v) is 14.6. The molecule has 2 N–H and O–H groups in total. The number of nitrogens with zero attached hydrogens (tertiary/aromatic N) is 3. The number of amides is 2. The number of fused-ring (bicyclic) bond motifs is 3. The Hall–Kier alpha value is -2.63. The minimum Gasteiger partial charge on any atom is -0.360 e. The number of aromatic nitrogens is 3. The average molecular weight is 337 g/mol. The molecule has 25 heavy (non-hydrogen) atoms. The van der Waals surface area contributed by atoms with Crippen LogP contribution in [0.3, 0.4) is 0 Å². The maximum absolute atomic E-state index is 12.4. The van der Waals surface area contributed by atoms with E-state index in [0.717, 1.165) is 42.5 Å². The summed E-state index contributed by atoms with van der Waals surface area (Å²) in [5, 5.41) is 5.27. The van der Waals surface area contributed by atoms with Gasteiger partial charge in [0, 0.05) is 48.2 Å². The van der Waals surface area contributed by atoms with Crippen LogP contribution in [-0.2, 0) is 0 Å². The fourth-order valence-corrected chi connectivity index (χ4v) is 3.78. The lowest BCUT2D eigenvalue weighted by Crippen LogP contribution is -2.47. The summed E-state index contributed by atoms with van der Waals surface area (Å²) in [5.74, 6) is 0.323. The summed E-state index contributed by atoms with van der Waals surface area (Å²) in [7, 11) is 0. The van der Waals surface area contributed by atoms with Crippen molar-refractivity contribution in [3.8, 4) is 0 Å². The van der Waals surface area contributed by atoms with Crippen LogP contribution >= 0.6 is 0 Å². The van der Waals surface area contributed by atoms with Gasteiger partial charge in [-0.1, -0.05) is 0 Å². The van der Waals surface area contributed by atoms with Gasteiger partial charge in [-0.2, -0.15) is 0 Å². The maximum atomic E-state index is 12.4. The molecule has 3 aromatic rings. The standard InChI is InChI=1S/C19H23N5O/c1-12(2)23-19(25)24-9-3-4-13(11-24)14-5-7-20-16-10-22-18-15(17(14)16)6-8-21-18/h5-8,10,12-13,20H,3-4,9,11H2,1-2H3,(H,23,25). The SMILES string of the molecule is CC(C)NC(=O)N1CCCC(c2cc[nH]c3cnc4nccc4c23)C1. The van der Waals surface area contributed by atoms with Crippen molar-refractivity contribution in [2.24, 2.45) is 0 Å². The van der Waals surface area contributed by atoms with E-state index in [9.17, 15) is 4.79 Å². The molecule has 1 fully saturated rings. The van der Waals surface area contributed by atoms with Crippen LogP contribution in [0.15, 0.2) is 30.7 Å². The predicted octanol–water partition coefficient (Wildman–Crippen LogP) is 3.41. The van der Waals surface area contributed by atoms with Crippen molar-refractivity contribution < 1.29 is 4.79 Å². The number of carbonyl (C=O) groups is 1. The Bertz CT molecular complexity index is 916. The van der Waals surface area contributed by atoms with E-state index in [1.54, 1.807) is 6.20 Å². The number of hydrogen-bond acceptors (Lipinski definition) is 3. The lowest BCUT2D eigenvalue weighted by Gasteiger charge is -2.34. The van der Waals surface area contributed by atoms with Crippen LogP contribution in [0.2, 0.25) is 0 Å². The van der Waals surface area contributed by atoms with Crippen molar-refractivity contribution in [3.05, 3.63) is 36.3 Å².